The van der Waals surface area contributed by atoms with Gasteiger partial charge in [-0.25, -0.2) is 19.2 Å². The van der Waals surface area contributed by atoms with Crippen LogP contribution in [0.15, 0.2) is 72.8 Å². The van der Waals surface area contributed by atoms with Crippen molar-refractivity contribution in [2.75, 3.05) is 13.2 Å². The highest BCUT2D eigenvalue weighted by atomic mass is 16.6. The molecule has 2 amide bonds. The predicted octanol–water partition coefficient (Wildman–Crippen LogP) is 2.98. The molecule has 10 heteroatoms. The molecule has 2 rings (SSSR count). The van der Waals surface area contributed by atoms with Gasteiger partial charge in [0.05, 0.1) is 12.1 Å². The van der Waals surface area contributed by atoms with Crippen LogP contribution in [-0.4, -0.2) is 49.4 Å². The lowest BCUT2D eigenvalue weighted by Gasteiger charge is -2.14. The first kappa shape index (κ1) is 25.9. The van der Waals surface area contributed by atoms with Crippen LogP contribution in [0.25, 0.3) is 0 Å². The highest BCUT2D eigenvalue weighted by Crippen LogP contribution is 2.09. The molecule has 0 fully saturated rings. The number of amides is 2. The van der Waals surface area contributed by atoms with Crippen molar-refractivity contribution in [1.82, 2.24) is 10.6 Å². The Labute approximate surface area is 196 Å². The van der Waals surface area contributed by atoms with Gasteiger partial charge in [-0.05, 0) is 38.1 Å². The molecule has 0 radical (unpaired) electrons. The van der Waals surface area contributed by atoms with Crippen LogP contribution in [0.1, 0.15) is 13.8 Å². The topological polar surface area (TPSA) is 129 Å². The van der Waals surface area contributed by atoms with Gasteiger partial charge in [-0.3, -0.25) is 0 Å². The number of carbonyl (C=O) groups is 4. The van der Waals surface area contributed by atoms with Crippen molar-refractivity contribution in [2.45, 2.75) is 25.9 Å². The lowest BCUT2D eigenvalue weighted by atomic mass is 10.3. The van der Waals surface area contributed by atoms with Crippen LogP contribution >= 0.6 is 0 Å². The van der Waals surface area contributed by atoms with Gasteiger partial charge in [0.1, 0.15) is 24.7 Å². The van der Waals surface area contributed by atoms with Crippen molar-refractivity contribution in [1.29, 1.82) is 0 Å². The maximum absolute atomic E-state index is 11.8. The average Bonchev–Trinajstić information content (AvgIpc) is 2.81. The zero-order chi connectivity index (χ0) is 24.8. The second-order valence-electron chi connectivity index (χ2n) is 7.09. The molecule has 10 nitrogen and oxygen atoms in total. The summed E-state index contributed by atoms with van der Waals surface area (Å²) >= 11 is 0. The minimum absolute atomic E-state index is 0.132. The van der Waals surface area contributed by atoms with E-state index in [1.54, 1.807) is 74.5 Å². The SMILES string of the molecule is C[C@H](COC(=O)/C=C/C(=O)OC[C@@H](C)NC(=O)Oc1ccccc1)NC(=O)Oc1ccccc1. The molecule has 34 heavy (non-hydrogen) atoms. The maximum Gasteiger partial charge on any atom is 0.412 e. The predicted molar refractivity (Wildman–Crippen MR) is 121 cm³/mol. The quantitative estimate of drug-likeness (QED) is 0.401. The molecule has 2 atom stereocenters. The third-order valence-corrected chi connectivity index (χ3v) is 3.94. The summed E-state index contributed by atoms with van der Waals surface area (Å²) in [5.41, 5.74) is 0. The van der Waals surface area contributed by atoms with Crippen LogP contribution in [-0.2, 0) is 19.1 Å². The molecule has 180 valence electrons. The smallest absolute Gasteiger partial charge is 0.412 e. The number of nitrogens with one attached hydrogen (secondary N) is 2. The van der Waals surface area contributed by atoms with Gasteiger partial charge >= 0.3 is 24.1 Å². The molecular weight excluding hydrogens is 444 g/mol. The molecule has 2 aromatic rings. The molecule has 0 spiro atoms. The van der Waals surface area contributed by atoms with E-state index in [4.69, 9.17) is 18.9 Å². The van der Waals surface area contributed by atoms with Gasteiger partial charge in [0.25, 0.3) is 0 Å². The minimum atomic E-state index is -0.792. The lowest BCUT2D eigenvalue weighted by molar-refractivity contribution is -0.141. The Morgan fingerprint density at radius 3 is 1.38 bits per heavy atom. The van der Waals surface area contributed by atoms with Crippen LogP contribution in [0, 0.1) is 0 Å². The summed E-state index contributed by atoms with van der Waals surface area (Å²) in [6.45, 7) is 2.97. The van der Waals surface area contributed by atoms with E-state index in [1.165, 1.54) is 0 Å². The summed E-state index contributed by atoms with van der Waals surface area (Å²) in [5, 5.41) is 5.03. The summed E-state index contributed by atoms with van der Waals surface area (Å²) < 4.78 is 20.1. The number of hydrogen-bond donors (Lipinski definition) is 2. The molecule has 0 bridgehead atoms. The van der Waals surface area contributed by atoms with Crippen molar-refractivity contribution >= 4 is 24.1 Å². The number of carbonyl (C=O) groups excluding carboxylic acids is 4. The van der Waals surface area contributed by atoms with Gasteiger partial charge in [0, 0.05) is 12.2 Å². The zero-order valence-electron chi connectivity index (χ0n) is 18.8. The van der Waals surface area contributed by atoms with E-state index in [9.17, 15) is 19.2 Å². The fourth-order valence-corrected chi connectivity index (χ4v) is 2.38. The van der Waals surface area contributed by atoms with Gasteiger partial charge in [0.15, 0.2) is 0 Å². The van der Waals surface area contributed by atoms with Gasteiger partial charge in [-0.15, -0.1) is 0 Å². The molecule has 0 aliphatic rings. The number of benzene rings is 2. The van der Waals surface area contributed by atoms with Crippen LogP contribution in [0.3, 0.4) is 0 Å². The van der Waals surface area contributed by atoms with E-state index in [0.717, 1.165) is 12.2 Å². The Balaban J connectivity index is 1.60. The average molecular weight is 470 g/mol. The minimum Gasteiger partial charge on any atom is -0.460 e. The second-order valence-corrected chi connectivity index (χ2v) is 7.09. The zero-order valence-corrected chi connectivity index (χ0v) is 18.8. The van der Waals surface area contributed by atoms with Crippen molar-refractivity contribution < 1.29 is 38.1 Å². The maximum atomic E-state index is 11.8. The summed E-state index contributed by atoms with van der Waals surface area (Å²) in [4.78, 5) is 47.1. The van der Waals surface area contributed by atoms with E-state index < -0.39 is 36.2 Å². The standard InChI is InChI=1S/C24H26N2O8/c1-17(25-23(29)33-19-9-5-3-6-10-19)15-31-21(27)13-14-22(28)32-16-18(2)26-24(30)34-20-11-7-4-8-12-20/h3-14,17-18H,15-16H2,1-2H3,(H,25,29)(H,26,30)/b14-13+/t17-,18-/m1/s1. The first-order valence-corrected chi connectivity index (χ1v) is 10.4. The number of rotatable bonds is 10. The Morgan fingerprint density at radius 1 is 0.676 bits per heavy atom. The van der Waals surface area contributed by atoms with E-state index >= 15 is 0 Å². The second kappa shape index (κ2) is 13.9. The van der Waals surface area contributed by atoms with E-state index in [0.29, 0.717) is 11.5 Å². The number of hydrogen-bond acceptors (Lipinski definition) is 8. The van der Waals surface area contributed by atoms with Crippen molar-refractivity contribution in [3.63, 3.8) is 0 Å². The Kier molecular flexibility index (Phi) is 10.6. The number of esters is 2. The highest BCUT2D eigenvalue weighted by molar-refractivity contribution is 5.91. The van der Waals surface area contributed by atoms with Crippen LogP contribution in [0.2, 0.25) is 0 Å². The van der Waals surface area contributed by atoms with Crippen LogP contribution < -0.4 is 20.1 Å². The van der Waals surface area contributed by atoms with Crippen molar-refractivity contribution in [3.05, 3.63) is 72.8 Å². The normalized spacial score (nSPS) is 12.2. The fourth-order valence-electron chi connectivity index (χ4n) is 2.38. The summed E-state index contributed by atoms with van der Waals surface area (Å²) in [7, 11) is 0. The largest absolute Gasteiger partial charge is 0.460 e. The monoisotopic (exact) mass is 470 g/mol. The Bertz CT molecular complexity index is 899. The molecule has 2 N–H and O–H groups in total. The van der Waals surface area contributed by atoms with Crippen LogP contribution in [0.4, 0.5) is 9.59 Å². The molecule has 0 saturated heterocycles. The molecule has 0 aromatic heterocycles. The summed E-state index contributed by atoms with van der Waals surface area (Å²) in [5.74, 6) is -0.828. The van der Waals surface area contributed by atoms with E-state index in [1.807, 2.05) is 0 Å². The number of para-hydroxylation sites is 2. The first-order valence-electron chi connectivity index (χ1n) is 10.4. The third-order valence-electron chi connectivity index (χ3n) is 3.94. The van der Waals surface area contributed by atoms with Gasteiger partial charge in [-0.2, -0.15) is 0 Å². The highest BCUT2D eigenvalue weighted by Gasteiger charge is 2.13. The Morgan fingerprint density at radius 2 is 1.03 bits per heavy atom. The Hall–Kier alpha value is -4.34. The fraction of sp³-hybridized carbons (Fsp3) is 0.250. The molecule has 0 heterocycles. The molecule has 0 saturated carbocycles. The van der Waals surface area contributed by atoms with Crippen LogP contribution in [0.5, 0.6) is 11.5 Å². The molecule has 0 aliphatic carbocycles. The van der Waals surface area contributed by atoms with Gasteiger partial charge in [0.2, 0.25) is 0 Å². The molecule has 2 aromatic carbocycles. The lowest BCUT2D eigenvalue weighted by Crippen LogP contribution is -2.38. The molecule has 0 aliphatic heterocycles. The molecular formula is C24H26N2O8. The van der Waals surface area contributed by atoms with Crippen molar-refractivity contribution in [2.24, 2.45) is 0 Å². The van der Waals surface area contributed by atoms with Gasteiger partial charge in [-0.1, -0.05) is 36.4 Å². The third kappa shape index (κ3) is 10.8. The van der Waals surface area contributed by atoms with Crippen molar-refractivity contribution in [3.8, 4) is 11.5 Å². The van der Waals surface area contributed by atoms with E-state index in [-0.39, 0.29) is 13.2 Å². The summed E-state index contributed by atoms with van der Waals surface area (Å²) in [6.07, 6.45) is 0.423. The first-order chi connectivity index (χ1) is 16.3. The van der Waals surface area contributed by atoms with E-state index in [2.05, 4.69) is 10.6 Å². The molecule has 0 unspecified atom stereocenters. The summed E-state index contributed by atoms with van der Waals surface area (Å²) in [6, 6.07) is 15.9. The number of ether oxygens (including phenoxy) is 4. The van der Waals surface area contributed by atoms with Gasteiger partial charge < -0.3 is 29.6 Å².